The molecule has 0 saturated heterocycles. The minimum absolute atomic E-state index is 0.122. The maximum absolute atomic E-state index is 9.40. The monoisotopic (exact) mass is 333 g/mol. The van der Waals surface area contributed by atoms with E-state index < -0.39 is 0 Å². The summed E-state index contributed by atoms with van der Waals surface area (Å²) in [6, 6.07) is 10.3. The van der Waals surface area contributed by atoms with Crippen LogP contribution in [-0.2, 0) is 0 Å². The number of nitriles is 3. The van der Waals surface area contributed by atoms with E-state index in [-0.39, 0.29) is 5.57 Å². The van der Waals surface area contributed by atoms with E-state index in [2.05, 4.69) is 6.07 Å². The van der Waals surface area contributed by atoms with E-state index in [4.69, 9.17) is 0 Å². The van der Waals surface area contributed by atoms with Crippen molar-refractivity contribution in [3.05, 3.63) is 32.3 Å². The first kappa shape index (κ1) is 15.3. The molecule has 5 heteroatoms. The quantitative estimate of drug-likeness (QED) is 0.631. The lowest BCUT2D eigenvalue weighted by Gasteiger charge is -2.00. The first-order valence-electron chi connectivity index (χ1n) is 6.89. The van der Waals surface area contributed by atoms with Crippen LogP contribution in [0.4, 0.5) is 0 Å². The third-order valence-corrected chi connectivity index (χ3v) is 5.86. The van der Waals surface area contributed by atoms with Crippen molar-refractivity contribution >= 4 is 54.0 Å². The predicted octanol–water partition coefficient (Wildman–Crippen LogP) is 3.62. The fraction of sp³-hybridized carbons (Fsp3) is 0.167. The van der Waals surface area contributed by atoms with Crippen LogP contribution in [0.5, 0.6) is 0 Å². The zero-order valence-electron chi connectivity index (χ0n) is 12.8. The molecule has 0 saturated carbocycles. The van der Waals surface area contributed by atoms with Crippen LogP contribution < -0.4 is 10.4 Å². The molecule has 2 aromatic heterocycles. The average molecular weight is 333 g/mol. The molecule has 0 aliphatic heterocycles. The molecule has 3 nitrogen and oxygen atoms in total. The number of hydrogen-bond acceptors (Lipinski definition) is 5. The standard InChI is InChI=1S/C18H11N3S2/c1-9(6-19)15-17-13(4-10(2)22-17)16(12(7-20)8-21)14-5-11(3)23-18(14)15/h4-5H,1-3H3. The van der Waals surface area contributed by atoms with Gasteiger partial charge < -0.3 is 0 Å². The highest BCUT2D eigenvalue weighted by molar-refractivity contribution is 7.21. The van der Waals surface area contributed by atoms with Crippen LogP contribution in [0.25, 0.3) is 31.3 Å². The molecule has 0 spiro atoms. The molecule has 2 heterocycles. The van der Waals surface area contributed by atoms with Gasteiger partial charge in [-0.1, -0.05) is 0 Å². The molecule has 1 aromatic carbocycles. The topological polar surface area (TPSA) is 71.4 Å². The van der Waals surface area contributed by atoms with Crippen LogP contribution in [0.15, 0.2) is 12.1 Å². The van der Waals surface area contributed by atoms with Gasteiger partial charge in [0, 0.05) is 45.9 Å². The van der Waals surface area contributed by atoms with Crippen LogP contribution in [0.2, 0.25) is 0 Å². The van der Waals surface area contributed by atoms with Gasteiger partial charge in [0.2, 0.25) is 0 Å². The second-order valence-electron chi connectivity index (χ2n) is 5.29. The molecule has 23 heavy (non-hydrogen) atoms. The van der Waals surface area contributed by atoms with E-state index >= 15 is 0 Å². The van der Waals surface area contributed by atoms with Crippen molar-refractivity contribution in [3.63, 3.8) is 0 Å². The number of hydrogen-bond donors (Lipinski definition) is 0. The molecule has 0 amide bonds. The smallest absolute Gasteiger partial charge is 0.138 e. The molecule has 0 radical (unpaired) electrons. The molecule has 0 aliphatic rings. The number of fused-ring (bicyclic) bond motifs is 2. The minimum Gasteiger partial charge on any atom is -0.193 e. The van der Waals surface area contributed by atoms with Crippen LogP contribution in [-0.4, -0.2) is 0 Å². The largest absolute Gasteiger partial charge is 0.193 e. The first-order valence-corrected chi connectivity index (χ1v) is 8.53. The van der Waals surface area contributed by atoms with Gasteiger partial charge in [0.1, 0.15) is 17.7 Å². The predicted molar refractivity (Wildman–Crippen MR) is 95.3 cm³/mol. The average Bonchev–Trinajstić information content (AvgIpc) is 3.08. The first-order chi connectivity index (χ1) is 11.0. The number of thiophene rings is 2. The summed E-state index contributed by atoms with van der Waals surface area (Å²) in [6.07, 6.45) is 0. The zero-order valence-corrected chi connectivity index (χ0v) is 14.4. The molecule has 0 atom stereocenters. The SMILES string of the molecule is CC(C#N)=c1c2sc(C)cc2c(=C(C#N)C#N)c2cc(C)sc12. The van der Waals surface area contributed by atoms with Crippen molar-refractivity contribution in [2.45, 2.75) is 20.8 Å². The van der Waals surface area contributed by atoms with Gasteiger partial charge in [0.25, 0.3) is 0 Å². The van der Waals surface area contributed by atoms with Crippen LogP contribution in [0.3, 0.4) is 0 Å². The molecule has 0 unspecified atom stereocenters. The zero-order chi connectivity index (χ0) is 16.7. The Labute approximate surface area is 141 Å². The molecule has 0 N–H and O–H groups in total. The van der Waals surface area contributed by atoms with E-state index in [1.165, 1.54) is 0 Å². The van der Waals surface area contributed by atoms with Crippen LogP contribution in [0.1, 0.15) is 16.7 Å². The van der Waals surface area contributed by atoms with Crippen molar-refractivity contribution in [1.82, 2.24) is 0 Å². The fourth-order valence-electron chi connectivity index (χ4n) is 2.82. The summed E-state index contributed by atoms with van der Waals surface area (Å²) in [5.41, 5.74) is 0.780. The lowest BCUT2D eigenvalue weighted by atomic mass is 10.0. The third kappa shape index (κ3) is 2.21. The Bertz CT molecular complexity index is 1140. The van der Waals surface area contributed by atoms with E-state index in [0.717, 1.165) is 35.1 Å². The minimum atomic E-state index is 0.122. The maximum atomic E-state index is 9.40. The summed E-state index contributed by atoms with van der Waals surface area (Å²) in [7, 11) is 0. The van der Waals surface area contributed by atoms with Crippen molar-refractivity contribution in [2.24, 2.45) is 0 Å². The lowest BCUT2D eigenvalue weighted by molar-refractivity contribution is 1.50. The van der Waals surface area contributed by atoms with E-state index in [1.807, 2.05) is 45.0 Å². The Morgan fingerprint density at radius 1 is 0.826 bits per heavy atom. The number of benzene rings is 1. The molecule has 3 aromatic rings. The van der Waals surface area contributed by atoms with E-state index in [0.29, 0.717) is 10.8 Å². The normalized spacial score (nSPS) is 10.3. The van der Waals surface area contributed by atoms with Crippen LogP contribution >= 0.6 is 22.7 Å². The summed E-state index contributed by atoms with van der Waals surface area (Å²) in [5.74, 6) is 0. The van der Waals surface area contributed by atoms with Gasteiger partial charge in [0.05, 0.1) is 6.07 Å². The van der Waals surface area contributed by atoms with Gasteiger partial charge in [-0.25, -0.2) is 0 Å². The summed E-state index contributed by atoms with van der Waals surface area (Å²) in [5, 5.41) is 31.6. The highest BCUT2D eigenvalue weighted by Gasteiger charge is 2.15. The van der Waals surface area contributed by atoms with E-state index in [1.54, 1.807) is 22.7 Å². The Hall–Kier alpha value is -2.65. The van der Waals surface area contributed by atoms with Crippen molar-refractivity contribution in [3.8, 4) is 18.2 Å². The molecule has 0 bridgehead atoms. The molecule has 0 fully saturated rings. The molecular weight excluding hydrogens is 322 g/mol. The van der Waals surface area contributed by atoms with Crippen LogP contribution in [0, 0.1) is 47.8 Å². The Balaban J connectivity index is 2.91. The van der Waals surface area contributed by atoms with Gasteiger partial charge in [-0.15, -0.1) is 22.7 Å². The van der Waals surface area contributed by atoms with Gasteiger partial charge in [-0.05, 0) is 32.9 Å². The Morgan fingerprint density at radius 3 is 1.70 bits per heavy atom. The van der Waals surface area contributed by atoms with Gasteiger partial charge in [-0.2, -0.15) is 15.8 Å². The fourth-order valence-corrected chi connectivity index (χ4v) is 5.14. The maximum Gasteiger partial charge on any atom is 0.138 e. The summed E-state index contributed by atoms with van der Waals surface area (Å²) in [6.45, 7) is 5.81. The summed E-state index contributed by atoms with van der Waals surface area (Å²) >= 11 is 3.20. The second-order valence-corrected chi connectivity index (χ2v) is 7.80. The molecule has 3 rings (SSSR count). The lowest BCUT2D eigenvalue weighted by Crippen LogP contribution is -2.15. The van der Waals surface area contributed by atoms with Gasteiger partial charge in [-0.3, -0.25) is 0 Å². The third-order valence-electron chi connectivity index (χ3n) is 3.72. The van der Waals surface area contributed by atoms with Crippen molar-refractivity contribution in [1.29, 1.82) is 15.8 Å². The molecule has 0 aliphatic carbocycles. The molecular formula is C18H11N3S2. The Morgan fingerprint density at radius 2 is 1.30 bits per heavy atom. The highest BCUT2D eigenvalue weighted by Crippen LogP contribution is 2.28. The van der Waals surface area contributed by atoms with Crippen molar-refractivity contribution < 1.29 is 0 Å². The van der Waals surface area contributed by atoms with Gasteiger partial charge in [0.15, 0.2) is 0 Å². The summed E-state index contributed by atoms with van der Waals surface area (Å²) in [4.78, 5) is 2.19. The van der Waals surface area contributed by atoms with Crippen molar-refractivity contribution in [2.75, 3.05) is 0 Å². The molecule has 110 valence electrons. The second kappa shape index (κ2) is 5.52. The number of aryl methyl sites for hydroxylation is 2. The van der Waals surface area contributed by atoms with E-state index in [9.17, 15) is 15.8 Å². The number of rotatable bonds is 0. The number of nitrogens with zero attached hydrogens (tertiary/aromatic N) is 3. The Kier molecular flexibility index (Phi) is 3.66. The summed E-state index contributed by atoms with van der Waals surface area (Å²) < 4.78 is 1.96. The van der Waals surface area contributed by atoms with Gasteiger partial charge >= 0.3 is 0 Å². The highest BCUT2D eigenvalue weighted by atomic mass is 32.1.